The van der Waals surface area contributed by atoms with E-state index in [1.807, 2.05) is 0 Å². The number of piperidine rings is 1. The topological polar surface area (TPSA) is 108 Å². The molecule has 7 N–H and O–H groups in total. The zero-order chi connectivity index (χ0) is 22.1. The van der Waals surface area contributed by atoms with E-state index in [9.17, 15) is 4.79 Å². The molecule has 6 unspecified atom stereocenters. The summed E-state index contributed by atoms with van der Waals surface area (Å²) in [6.45, 7) is 14.3. The average Bonchev–Trinajstić information content (AvgIpc) is 2.66. The van der Waals surface area contributed by atoms with Crippen molar-refractivity contribution in [2.45, 2.75) is 91.3 Å². The number of carbonyl (C=O) groups is 1. The van der Waals surface area contributed by atoms with Gasteiger partial charge in [0, 0.05) is 31.7 Å². The van der Waals surface area contributed by atoms with Gasteiger partial charge in [-0.15, -0.1) is 0 Å². The van der Waals surface area contributed by atoms with E-state index in [2.05, 4.69) is 55.5 Å². The minimum Gasteiger partial charge on any atom is -0.369 e. The Morgan fingerprint density at radius 1 is 1.20 bits per heavy atom. The van der Waals surface area contributed by atoms with Gasteiger partial charge in [0.15, 0.2) is 0 Å². The minimum absolute atomic E-state index is 0.0346. The lowest BCUT2D eigenvalue weighted by molar-refractivity contribution is -0.124. The van der Waals surface area contributed by atoms with Crippen LogP contribution in [0.1, 0.15) is 66.7 Å². The molecule has 7 atom stereocenters. The molecule has 1 saturated carbocycles. The molecule has 7 nitrogen and oxygen atoms in total. The molecule has 3 fully saturated rings. The Kier molecular flexibility index (Phi) is 7.83. The number of likely N-dealkylation sites (tertiary alicyclic amines) is 1. The molecular weight excluding hydrogens is 376 g/mol. The van der Waals surface area contributed by atoms with Crippen molar-refractivity contribution in [1.29, 1.82) is 0 Å². The number of hydrogen-bond acceptors (Lipinski definition) is 6. The van der Waals surface area contributed by atoms with E-state index in [0.29, 0.717) is 35.8 Å². The summed E-state index contributed by atoms with van der Waals surface area (Å²) in [6, 6.07) is 0.623. The molecule has 174 valence electrons. The summed E-state index contributed by atoms with van der Waals surface area (Å²) < 4.78 is 0. The van der Waals surface area contributed by atoms with Gasteiger partial charge >= 0.3 is 0 Å². The van der Waals surface area contributed by atoms with Gasteiger partial charge in [-0.25, -0.2) is 0 Å². The third-order valence-corrected chi connectivity index (χ3v) is 7.82. The highest BCUT2D eigenvalue weighted by Gasteiger charge is 2.41. The molecule has 1 aliphatic carbocycles. The molecule has 3 aliphatic rings. The van der Waals surface area contributed by atoms with E-state index < -0.39 is 0 Å². The predicted molar refractivity (Wildman–Crippen MR) is 122 cm³/mol. The number of nitrogens with zero attached hydrogens (tertiary/aromatic N) is 1. The van der Waals surface area contributed by atoms with Crippen LogP contribution in [0.2, 0.25) is 0 Å². The van der Waals surface area contributed by atoms with Gasteiger partial charge in [-0.2, -0.15) is 0 Å². The minimum atomic E-state index is -0.257. The van der Waals surface area contributed by atoms with Crippen LogP contribution in [0.25, 0.3) is 0 Å². The number of hydrogen-bond donors (Lipinski definition) is 5. The molecule has 0 aromatic heterocycles. The summed E-state index contributed by atoms with van der Waals surface area (Å²) >= 11 is 0. The van der Waals surface area contributed by atoms with Gasteiger partial charge in [0.25, 0.3) is 0 Å². The second kappa shape index (κ2) is 9.82. The maximum absolute atomic E-state index is 12.2. The second-order valence-electron chi connectivity index (χ2n) is 11.5. The fraction of sp³-hybridized carbons (Fsp3) is 0.957. The van der Waals surface area contributed by atoms with Crippen LogP contribution in [-0.2, 0) is 4.79 Å². The van der Waals surface area contributed by atoms with Crippen LogP contribution in [0.15, 0.2) is 0 Å². The summed E-state index contributed by atoms with van der Waals surface area (Å²) in [5, 5.41) is 11.0. The third-order valence-electron chi connectivity index (χ3n) is 7.82. The Balaban J connectivity index is 1.70. The van der Waals surface area contributed by atoms with Crippen molar-refractivity contribution in [2.24, 2.45) is 40.6 Å². The number of rotatable bonds is 5. The highest BCUT2D eigenvalue weighted by molar-refractivity contribution is 5.77. The molecule has 0 spiro atoms. The Morgan fingerprint density at radius 2 is 1.93 bits per heavy atom. The van der Waals surface area contributed by atoms with Gasteiger partial charge < -0.3 is 11.5 Å². The van der Waals surface area contributed by atoms with Crippen molar-refractivity contribution in [3.05, 3.63) is 0 Å². The molecule has 7 heteroatoms. The zero-order valence-electron chi connectivity index (χ0n) is 19.8. The standard InChI is InChI=1S/C23H46N6O/c1-14(2)15-9-16(23(3,4)5)11-18(10-15)27-21-19(20(25)30)12-26-22(28-21)29-8-6-7-17(24)13-29/h14-19,21-22,26-28H,6-13,24H2,1-5H3,(H2,25,30)/t15?,16?,17-,18?,19?,21?,22?/m0/s1. The van der Waals surface area contributed by atoms with Gasteiger partial charge in [0.05, 0.1) is 12.1 Å². The van der Waals surface area contributed by atoms with Crippen molar-refractivity contribution >= 4 is 5.91 Å². The van der Waals surface area contributed by atoms with E-state index in [-0.39, 0.29) is 30.3 Å². The average molecular weight is 423 g/mol. The number of primary amides is 1. The molecule has 0 bridgehead atoms. The van der Waals surface area contributed by atoms with Crippen LogP contribution in [0.5, 0.6) is 0 Å². The van der Waals surface area contributed by atoms with E-state index in [4.69, 9.17) is 11.5 Å². The first-order chi connectivity index (χ1) is 14.0. The largest absolute Gasteiger partial charge is 0.369 e. The number of carbonyl (C=O) groups excluding carboxylic acids is 1. The maximum Gasteiger partial charge on any atom is 0.224 e. The van der Waals surface area contributed by atoms with E-state index in [0.717, 1.165) is 32.4 Å². The summed E-state index contributed by atoms with van der Waals surface area (Å²) in [4.78, 5) is 14.6. The first kappa shape index (κ1) is 23.9. The van der Waals surface area contributed by atoms with Crippen LogP contribution in [0.3, 0.4) is 0 Å². The Labute approximate surface area is 183 Å². The van der Waals surface area contributed by atoms with Crippen LogP contribution in [-0.4, -0.2) is 55.0 Å². The van der Waals surface area contributed by atoms with Crippen molar-refractivity contribution in [2.75, 3.05) is 19.6 Å². The van der Waals surface area contributed by atoms with Gasteiger partial charge in [0.2, 0.25) is 5.91 Å². The summed E-state index contributed by atoms with van der Waals surface area (Å²) in [6.07, 6.45) is 5.75. The first-order valence-corrected chi connectivity index (χ1v) is 12.1. The lowest BCUT2D eigenvalue weighted by Gasteiger charge is -2.48. The van der Waals surface area contributed by atoms with Gasteiger partial charge in [-0.3, -0.25) is 25.6 Å². The van der Waals surface area contributed by atoms with Gasteiger partial charge in [-0.05, 0) is 55.3 Å². The third kappa shape index (κ3) is 5.94. The monoisotopic (exact) mass is 422 g/mol. The van der Waals surface area contributed by atoms with Crippen LogP contribution >= 0.6 is 0 Å². The Bertz CT molecular complexity index is 577. The molecule has 1 amide bonds. The first-order valence-electron chi connectivity index (χ1n) is 12.1. The molecule has 0 aromatic rings. The van der Waals surface area contributed by atoms with Gasteiger partial charge in [0.1, 0.15) is 6.29 Å². The molecule has 0 radical (unpaired) electrons. The van der Waals surface area contributed by atoms with Crippen molar-refractivity contribution in [1.82, 2.24) is 20.9 Å². The maximum atomic E-state index is 12.2. The van der Waals surface area contributed by atoms with E-state index in [1.54, 1.807) is 0 Å². The SMILES string of the molecule is CC(C)C1CC(NC2NC(N3CCC[C@H](N)C3)NCC2C(N)=O)CC(C(C)(C)C)C1. The highest BCUT2D eigenvalue weighted by Crippen LogP contribution is 2.42. The molecule has 2 heterocycles. The summed E-state index contributed by atoms with van der Waals surface area (Å²) in [7, 11) is 0. The highest BCUT2D eigenvalue weighted by atomic mass is 16.1. The lowest BCUT2D eigenvalue weighted by atomic mass is 9.65. The fourth-order valence-corrected chi connectivity index (χ4v) is 5.64. The Hall–Kier alpha value is -0.730. The van der Waals surface area contributed by atoms with Crippen molar-refractivity contribution in [3.8, 4) is 0 Å². The van der Waals surface area contributed by atoms with Crippen molar-refractivity contribution < 1.29 is 4.79 Å². The fourth-order valence-electron chi connectivity index (χ4n) is 5.64. The zero-order valence-corrected chi connectivity index (χ0v) is 19.8. The molecule has 3 rings (SSSR count). The summed E-state index contributed by atoms with van der Waals surface area (Å²) in [5.74, 6) is 1.57. The smallest absolute Gasteiger partial charge is 0.224 e. The predicted octanol–water partition coefficient (Wildman–Crippen LogP) is 1.39. The Morgan fingerprint density at radius 3 is 2.53 bits per heavy atom. The lowest BCUT2D eigenvalue weighted by Crippen LogP contribution is -2.72. The normalized spacial score (nSPS) is 39.2. The molecular formula is C23H46N6O. The van der Waals surface area contributed by atoms with E-state index >= 15 is 0 Å². The number of nitrogens with two attached hydrogens (primary N) is 2. The molecule has 0 aromatic carbocycles. The molecule has 30 heavy (non-hydrogen) atoms. The number of amides is 1. The van der Waals surface area contributed by atoms with Crippen LogP contribution in [0.4, 0.5) is 0 Å². The van der Waals surface area contributed by atoms with Crippen molar-refractivity contribution in [3.63, 3.8) is 0 Å². The van der Waals surface area contributed by atoms with Gasteiger partial charge in [-0.1, -0.05) is 34.6 Å². The van der Waals surface area contributed by atoms with Crippen LogP contribution in [0, 0.1) is 29.1 Å². The summed E-state index contributed by atoms with van der Waals surface area (Å²) in [5.41, 5.74) is 12.3. The molecule has 2 saturated heterocycles. The second-order valence-corrected chi connectivity index (χ2v) is 11.5. The van der Waals surface area contributed by atoms with E-state index in [1.165, 1.54) is 12.8 Å². The quantitative estimate of drug-likeness (QED) is 0.458. The number of nitrogens with one attached hydrogen (secondary N) is 3. The van der Waals surface area contributed by atoms with Crippen LogP contribution < -0.4 is 27.4 Å². The molecule has 2 aliphatic heterocycles.